The Kier molecular flexibility index (Phi) is 4.10. The summed E-state index contributed by atoms with van der Waals surface area (Å²) in [5.41, 5.74) is 0.673. The quantitative estimate of drug-likeness (QED) is 0.757. The molecule has 0 radical (unpaired) electrons. The number of fused-ring (bicyclic) bond motifs is 1. The van der Waals surface area contributed by atoms with Gasteiger partial charge in [-0.25, -0.2) is 8.42 Å². The standard InChI is InChI=1S/C15H14Cl2N2O3S2/c16-9-3-10(17)5-11(4-9)19-12-6-24(21,22)7-13(12)23-15(19)18-14(20)8-1-2-8/h3-5,8,12-13H,1-2,6-7H2/t12-,13+/m1/s1. The van der Waals surface area contributed by atoms with E-state index in [2.05, 4.69) is 4.99 Å². The average molecular weight is 405 g/mol. The predicted molar refractivity (Wildman–Crippen MR) is 97.9 cm³/mol. The third-order valence-electron chi connectivity index (χ3n) is 4.32. The van der Waals surface area contributed by atoms with E-state index in [1.807, 2.05) is 4.90 Å². The zero-order chi connectivity index (χ0) is 17.1. The molecule has 4 rings (SSSR count). The van der Waals surface area contributed by atoms with Gasteiger partial charge in [-0.2, -0.15) is 4.99 Å². The Hall–Kier alpha value is -0.760. The molecule has 0 N–H and O–H groups in total. The summed E-state index contributed by atoms with van der Waals surface area (Å²) in [6.07, 6.45) is 1.76. The molecule has 5 nitrogen and oxygen atoms in total. The Bertz CT molecular complexity index is 832. The van der Waals surface area contributed by atoms with Gasteiger partial charge in [0.15, 0.2) is 15.0 Å². The van der Waals surface area contributed by atoms with Gasteiger partial charge in [0.05, 0.1) is 17.5 Å². The second kappa shape index (κ2) is 5.90. The lowest BCUT2D eigenvalue weighted by Crippen LogP contribution is -2.37. The van der Waals surface area contributed by atoms with Gasteiger partial charge in [0.25, 0.3) is 5.91 Å². The lowest BCUT2D eigenvalue weighted by molar-refractivity contribution is -0.118. The van der Waals surface area contributed by atoms with Gasteiger partial charge >= 0.3 is 0 Å². The highest BCUT2D eigenvalue weighted by Crippen LogP contribution is 2.42. The Balaban J connectivity index is 1.75. The van der Waals surface area contributed by atoms with Gasteiger partial charge < -0.3 is 4.90 Å². The predicted octanol–water partition coefficient (Wildman–Crippen LogP) is 3.00. The van der Waals surface area contributed by atoms with Crippen molar-refractivity contribution in [1.29, 1.82) is 0 Å². The molecule has 2 saturated heterocycles. The lowest BCUT2D eigenvalue weighted by Gasteiger charge is -2.24. The summed E-state index contributed by atoms with van der Waals surface area (Å²) in [5, 5.41) is 1.34. The van der Waals surface area contributed by atoms with Crippen LogP contribution < -0.4 is 4.90 Å². The van der Waals surface area contributed by atoms with E-state index in [9.17, 15) is 13.2 Å². The molecule has 24 heavy (non-hydrogen) atoms. The molecule has 1 aromatic carbocycles. The Morgan fingerprint density at radius 1 is 1.17 bits per heavy atom. The summed E-state index contributed by atoms with van der Waals surface area (Å²) >= 11 is 13.6. The van der Waals surface area contributed by atoms with E-state index in [1.165, 1.54) is 11.8 Å². The molecule has 1 aliphatic carbocycles. The zero-order valence-corrected chi connectivity index (χ0v) is 15.6. The van der Waals surface area contributed by atoms with Gasteiger partial charge in [0, 0.05) is 26.9 Å². The minimum Gasteiger partial charge on any atom is -0.315 e. The van der Waals surface area contributed by atoms with Gasteiger partial charge in [-0.05, 0) is 31.0 Å². The number of aliphatic imine (C=N–C) groups is 1. The summed E-state index contributed by atoms with van der Waals surface area (Å²) in [5.74, 6) is 0.0420. The largest absolute Gasteiger partial charge is 0.315 e. The first kappa shape index (κ1) is 16.7. The first-order chi connectivity index (χ1) is 11.3. The van der Waals surface area contributed by atoms with E-state index in [0.717, 1.165) is 12.8 Å². The van der Waals surface area contributed by atoms with Crippen LogP contribution in [0.3, 0.4) is 0 Å². The van der Waals surface area contributed by atoms with Crippen LogP contribution in [0.5, 0.6) is 0 Å². The van der Waals surface area contributed by atoms with Crippen molar-refractivity contribution in [3.05, 3.63) is 28.2 Å². The van der Waals surface area contributed by atoms with Crippen LogP contribution in [0, 0.1) is 5.92 Å². The van der Waals surface area contributed by atoms with Crippen LogP contribution >= 0.6 is 35.0 Å². The molecule has 3 fully saturated rings. The number of amides is 1. The second-order valence-electron chi connectivity index (χ2n) is 6.31. The minimum atomic E-state index is -3.09. The van der Waals surface area contributed by atoms with Crippen molar-refractivity contribution >= 4 is 61.6 Å². The molecule has 3 aliphatic rings. The molecule has 128 valence electrons. The number of sulfone groups is 1. The highest BCUT2D eigenvalue weighted by atomic mass is 35.5. The number of hydrogen-bond donors (Lipinski definition) is 0. The van der Waals surface area contributed by atoms with Crippen molar-refractivity contribution in [2.24, 2.45) is 10.9 Å². The molecule has 2 atom stereocenters. The van der Waals surface area contributed by atoms with E-state index >= 15 is 0 Å². The fourth-order valence-corrected chi connectivity index (χ4v) is 7.49. The molecular weight excluding hydrogens is 391 g/mol. The van der Waals surface area contributed by atoms with Gasteiger partial charge in [0.1, 0.15) is 0 Å². The van der Waals surface area contributed by atoms with Gasteiger partial charge in [-0.1, -0.05) is 35.0 Å². The van der Waals surface area contributed by atoms with E-state index < -0.39 is 9.84 Å². The summed E-state index contributed by atoms with van der Waals surface area (Å²) in [6.45, 7) is 0. The number of amidine groups is 1. The summed E-state index contributed by atoms with van der Waals surface area (Å²) in [4.78, 5) is 18.2. The zero-order valence-electron chi connectivity index (χ0n) is 12.5. The number of nitrogens with zero attached hydrogens (tertiary/aromatic N) is 2. The Morgan fingerprint density at radius 2 is 1.83 bits per heavy atom. The maximum Gasteiger partial charge on any atom is 0.251 e. The number of carbonyl (C=O) groups excluding carboxylic acids is 1. The topological polar surface area (TPSA) is 66.8 Å². The van der Waals surface area contributed by atoms with Gasteiger partial charge in [-0.3, -0.25) is 4.79 Å². The molecular formula is C15H14Cl2N2O3S2. The van der Waals surface area contributed by atoms with Crippen molar-refractivity contribution in [1.82, 2.24) is 0 Å². The van der Waals surface area contributed by atoms with Crippen LogP contribution in [-0.4, -0.2) is 42.3 Å². The number of thioether (sulfide) groups is 1. The molecule has 1 amide bonds. The normalized spacial score (nSPS) is 29.9. The summed E-state index contributed by atoms with van der Waals surface area (Å²) < 4.78 is 24.0. The van der Waals surface area contributed by atoms with Crippen LogP contribution in [0.15, 0.2) is 23.2 Å². The van der Waals surface area contributed by atoms with E-state index in [1.54, 1.807) is 18.2 Å². The minimum absolute atomic E-state index is 0.0204. The number of anilines is 1. The van der Waals surface area contributed by atoms with Crippen molar-refractivity contribution in [2.45, 2.75) is 24.1 Å². The third kappa shape index (κ3) is 3.19. The fraction of sp³-hybridized carbons (Fsp3) is 0.467. The number of hydrogen-bond acceptors (Lipinski definition) is 4. The molecule has 2 heterocycles. The molecule has 0 bridgehead atoms. The van der Waals surface area contributed by atoms with Crippen LogP contribution in [0.25, 0.3) is 0 Å². The first-order valence-corrected chi connectivity index (χ1v) is 11.0. The molecule has 0 spiro atoms. The highest BCUT2D eigenvalue weighted by molar-refractivity contribution is 8.16. The Morgan fingerprint density at radius 3 is 2.46 bits per heavy atom. The van der Waals surface area contributed by atoms with Gasteiger partial charge in [0.2, 0.25) is 0 Å². The van der Waals surface area contributed by atoms with Crippen LogP contribution in [-0.2, 0) is 14.6 Å². The SMILES string of the molecule is O=C(N=C1S[C@H]2CS(=O)(=O)C[C@H]2N1c1cc(Cl)cc(Cl)c1)C1CC1. The van der Waals surface area contributed by atoms with Crippen molar-refractivity contribution in [3.8, 4) is 0 Å². The lowest BCUT2D eigenvalue weighted by atomic mass is 10.2. The van der Waals surface area contributed by atoms with E-state index in [-0.39, 0.29) is 34.6 Å². The summed E-state index contributed by atoms with van der Waals surface area (Å²) in [7, 11) is -3.09. The van der Waals surface area contributed by atoms with Crippen molar-refractivity contribution < 1.29 is 13.2 Å². The maximum absolute atomic E-state index is 12.1. The highest BCUT2D eigenvalue weighted by Gasteiger charge is 2.49. The van der Waals surface area contributed by atoms with E-state index in [0.29, 0.717) is 20.9 Å². The molecule has 1 saturated carbocycles. The second-order valence-corrected chi connectivity index (χ2v) is 10.5. The molecule has 2 aliphatic heterocycles. The number of benzene rings is 1. The van der Waals surface area contributed by atoms with Gasteiger partial charge in [-0.15, -0.1) is 0 Å². The molecule has 0 aromatic heterocycles. The monoisotopic (exact) mass is 404 g/mol. The maximum atomic E-state index is 12.1. The smallest absolute Gasteiger partial charge is 0.251 e. The third-order valence-corrected chi connectivity index (χ3v) is 7.97. The molecule has 1 aromatic rings. The Labute approximate surface area is 154 Å². The summed E-state index contributed by atoms with van der Waals surface area (Å²) in [6, 6.07) is 4.81. The van der Waals surface area contributed by atoms with Crippen molar-refractivity contribution in [2.75, 3.05) is 16.4 Å². The first-order valence-electron chi connectivity index (χ1n) is 7.57. The molecule has 9 heteroatoms. The van der Waals surface area contributed by atoms with Crippen LogP contribution in [0.4, 0.5) is 5.69 Å². The van der Waals surface area contributed by atoms with Crippen LogP contribution in [0.2, 0.25) is 10.0 Å². The van der Waals surface area contributed by atoms with Crippen LogP contribution in [0.1, 0.15) is 12.8 Å². The number of carbonyl (C=O) groups is 1. The van der Waals surface area contributed by atoms with Crippen molar-refractivity contribution in [3.63, 3.8) is 0 Å². The molecule has 0 unspecified atom stereocenters. The number of rotatable bonds is 2. The van der Waals surface area contributed by atoms with E-state index in [4.69, 9.17) is 23.2 Å². The number of halogens is 2. The fourth-order valence-electron chi connectivity index (χ4n) is 3.06. The average Bonchev–Trinajstić information content (AvgIpc) is 3.18.